The Morgan fingerprint density at radius 2 is 1.90 bits per heavy atom. The Bertz CT molecular complexity index is 1090. The van der Waals surface area contributed by atoms with Crippen molar-refractivity contribution >= 4 is 23.5 Å². The summed E-state index contributed by atoms with van der Waals surface area (Å²) in [6.45, 7) is 2.13. The van der Waals surface area contributed by atoms with E-state index < -0.39 is 11.9 Å². The lowest BCUT2D eigenvalue weighted by atomic mass is 9.99. The van der Waals surface area contributed by atoms with Crippen LogP contribution in [0, 0.1) is 6.92 Å². The molecule has 2 aliphatic heterocycles. The fourth-order valence-electron chi connectivity index (χ4n) is 4.15. The highest BCUT2D eigenvalue weighted by molar-refractivity contribution is 6.05. The molecule has 0 saturated carbocycles. The van der Waals surface area contributed by atoms with Gasteiger partial charge in [0.1, 0.15) is 17.6 Å². The molecule has 1 saturated heterocycles. The van der Waals surface area contributed by atoms with Crippen molar-refractivity contribution in [3.8, 4) is 5.75 Å². The highest BCUT2D eigenvalue weighted by Crippen LogP contribution is 2.28. The minimum absolute atomic E-state index is 0.0741. The fraction of sp³-hybridized carbons (Fsp3) is 0.333. The van der Waals surface area contributed by atoms with E-state index in [9.17, 15) is 24.3 Å². The Morgan fingerprint density at radius 1 is 1.13 bits per heavy atom. The van der Waals surface area contributed by atoms with Gasteiger partial charge in [-0.05, 0) is 54.2 Å². The van der Waals surface area contributed by atoms with Gasteiger partial charge in [-0.25, -0.2) is 0 Å². The summed E-state index contributed by atoms with van der Waals surface area (Å²) in [6, 6.07) is 10.1. The number of carbonyl (C=O) groups is 4. The first-order chi connectivity index (χ1) is 14.8. The molecule has 3 amide bonds. The normalized spacial score (nSPS) is 18.2. The summed E-state index contributed by atoms with van der Waals surface area (Å²) in [7, 11) is 0. The third kappa shape index (κ3) is 4.35. The van der Waals surface area contributed by atoms with Crippen LogP contribution < -0.4 is 5.32 Å². The average Bonchev–Trinajstić information content (AvgIpc) is 3.05. The van der Waals surface area contributed by atoms with E-state index in [1.807, 2.05) is 18.2 Å². The fourth-order valence-corrected chi connectivity index (χ4v) is 4.15. The molecule has 31 heavy (non-hydrogen) atoms. The topological polar surface area (TPSA) is 104 Å². The van der Waals surface area contributed by atoms with Gasteiger partial charge >= 0.3 is 0 Å². The first kappa shape index (κ1) is 20.8. The molecule has 0 bridgehead atoms. The summed E-state index contributed by atoms with van der Waals surface area (Å²) in [6.07, 6.45) is 1.73. The predicted octanol–water partition coefficient (Wildman–Crippen LogP) is 2.21. The summed E-state index contributed by atoms with van der Waals surface area (Å²) < 4.78 is 0. The number of nitrogens with zero attached hydrogens (tertiary/aromatic N) is 1. The number of ketones is 1. The molecule has 7 nitrogen and oxygen atoms in total. The molecule has 160 valence electrons. The van der Waals surface area contributed by atoms with Crippen molar-refractivity contribution < 1.29 is 24.3 Å². The molecule has 0 spiro atoms. The number of carbonyl (C=O) groups excluding carboxylic acids is 4. The Morgan fingerprint density at radius 3 is 2.65 bits per heavy atom. The summed E-state index contributed by atoms with van der Waals surface area (Å²) >= 11 is 0. The van der Waals surface area contributed by atoms with Crippen LogP contribution in [0.1, 0.15) is 51.9 Å². The molecule has 2 aromatic carbocycles. The lowest BCUT2D eigenvalue weighted by molar-refractivity contribution is -0.137. The van der Waals surface area contributed by atoms with Crippen molar-refractivity contribution in [1.29, 1.82) is 0 Å². The van der Waals surface area contributed by atoms with Crippen molar-refractivity contribution in [2.45, 2.75) is 51.6 Å². The highest BCUT2D eigenvalue weighted by atomic mass is 16.3. The predicted molar refractivity (Wildman–Crippen MR) is 112 cm³/mol. The number of phenolic OH excluding ortho intramolecular Hbond substituents is 1. The number of phenols is 1. The van der Waals surface area contributed by atoms with Crippen LogP contribution in [0.5, 0.6) is 5.75 Å². The van der Waals surface area contributed by atoms with Gasteiger partial charge in [-0.1, -0.05) is 24.3 Å². The first-order valence-electron chi connectivity index (χ1n) is 10.4. The first-order valence-corrected chi connectivity index (χ1v) is 10.4. The minimum Gasteiger partial charge on any atom is -0.508 e. The highest BCUT2D eigenvalue weighted by Gasteiger charge is 2.39. The zero-order chi connectivity index (χ0) is 22.1. The van der Waals surface area contributed by atoms with Crippen LogP contribution in [0.2, 0.25) is 0 Å². The number of piperidine rings is 1. The number of imide groups is 1. The largest absolute Gasteiger partial charge is 0.508 e. The lowest BCUT2D eigenvalue weighted by Crippen LogP contribution is -2.52. The standard InChI is InChI=1S/C24H24N2O5/c1-14-2-3-16(12-21(14)28)11-18(27)6-4-15-5-7-19-17(10-15)13-26(24(19)31)20-8-9-22(29)25-23(20)30/h2-3,5,7,10,12,20,28H,4,6,8-9,11,13H2,1H3,(H,25,29,30). The molecule has 2 aliphatic rings. The molecule has 0 aliphatic carbocycles. The minimum atomic E-state index is -0.631. The van der Waals surface area contributed by atoms with Crippen molar-refractivity contribution in [2.75, 3.05) is 0 Å². The van der Waals surface area contributed by atoms with Crippen molar-refractivity contribution in [2.24, 2.45) is 0 Å². The van der Waals surface area contributed by atoms with Gasteiger partial charge < -0.3 is 10.0 Å². The van der Waals surface area contributed by atoms with E-state index in [0.29, 0.717) is 31.4 Å². The number of aromatic hydroxyl groups is 1. The van der Waals surface area contributed by atoms with Gasteiger partial charge in [-0.2, -0.15) is 0 Å². The molecule has 1 atom stereocenters. The van der Waals surface area contributed by atoms with Crippen LogP contribution in [0.4, 0.5) is 0 Å². The number of fused-ring (bicyclic) bond motifs is 1. The number of rotatable bonds is 6. The van der Waals surface area contributed by atoms with Gasteiger partial charge in [0.05, 0.1) is 0 Å². The number of nitrogens with one attached hydrogen (secondary N) is 1. The summed E-state index contributed by atoms with van der Waals surface area (Å²) in [4.78, 5) is 50.2. The molecule has 0 aromatic heterocycles. The zero-order valence-electron chi connectivity index (χ0n) is 17.3. The van der Waals surface area contributed by atoms with Crippen LogP contribution >= 0.6 is 0 Å². The maximum Gasteiger partial charge on any atom is 0.255 e. The molecule has 0 radical (unpaired) electrons. The number of aryl methyl sites for hydroxylation is 2. The van der Waals surface area contributed by atoms with Crippen LogP contribution in [0.3, 0.4) is 0 Å². The Hall–Kier alpha value is -3.48. The molecule has 1 unspecified atom stereocenters. The van der Waals surface area contributed by atoms with E-state index in [1.165, 1.54) is 4.90 Å². The van der Waals surface area contributed by atoms with Crippen molar-refractivity contribution in [1.82, 2.24) is 10.2 Å². The Labute approximate surface area is 180 Å². The molecule has 4 rings (SSSR count). The van der Waals surface area contributed by atoms with Crippen molar-refractivity contribution in [3.05, 3.63) is 64.2 Å². The second-order valence-electron chi connectivity index (χ2n) is 8.23. The third-order valence-electron chi connectivity index (χ3n) is 5.96. The second-order valence-corrected chi connectivity index (χ2v) is 8.23. The van der Waals surface area contributed by atoms with Gasteiger partial charge in [-0.15, -0.1) is 0 Å². The molecular weight excluding hydrogens is 396 g/mol. The van der Waals surface area contributed by atoms with Crippen LogP contribution in [-0.4, -0.2) is 39.6 Å². The van der Waals surface area contributed by atoms with Gasteiger partial charge in [0, 0.05) is 31.4 Å². The van der Waals surface area contributed by atoms with Crippen LogP contribution in [0.25, 0.3) is 0 Å². The molecule has 2 N–H and O–H groups in total. The monoisotopic (exact) mass is 420 g/mol. The maximum atomic E-state index is 12.7. The number of benzene rings is 2. The molecule has 2 aromatic rings. The van der Waals surface area contributed by atoms with E-state index in [-0.39, 0.29) is 36.2 Å². The second kappa shape index (κ2) is 8.34. The third-order valence-corrected chi connectivity index (χ3v) is 5.96. The Kier molecular flexibility index (Phi) is 5.59. The molecule has 2 heterocycles. The zero-order valence-corrected chi connectivity index (χ0v) is 17.3. The van der Waals surface area contributed by atoms with Gasteiger partial charge in [0.15, 0.2) is 0 Å². The SMILES string of the molecule is Cc1ccc(CC(=O)CCc2ccc3c(c2)CN(C2CCC(=O)NC2=O)C3=O)cc1O. The van der Waals surface area contributed by atoms with E-state index >= 15 is 0 Å². The number of hydrogen-bond acceptors (Lipinski definition) is 5. The van der Waals surface area contributed by atoms with Crippen LogP contribution in [-0.2, 0) is 33.8 Å². The summed E-state index contributed by atoms with van der Waals surface area (Å²) in [5, 5.41) is 12.1. The van der Waals surface area contributed by atoms with Gasteiger partial charge in [0.2, 0.25) is 11.8 Å². The Balaban J connectivity index is 1.38. The molecular formula is C24H24N2O5. The number of hydrogen-bond donors (Lipinski definition) is 2. The summed E-state index contributed by atoms with van der Waals surface area (Å²) in [5.74, 6) is -0.672. The van der Waals surface area contributed by atoms with E-state index in [4.69, 9.17) is 0 Å². The lowest BCUT2D eigenvalue weighted by Gasteiger charge is -2.29. The maximum absolute atomic E-state index is 12.7. The van der Waals surface area contributed by atoms with Gasteiger partial charge in [-0.3, -0.25) is 24.5 Å². The smallest absolute Gasteiger partial charge is 0.255 e. The molecule has 7 heteroatoms. The van der Waals surface area contributed by atoms with Crippen molar-refractivity contribution in [3.63, 3.8) is 0 Å². The van der Waals surface area contributed by atoms with E-state index in [0.717, 1.165) is 22.3 Å². The van der Waals surface area contributed by atoms with Gasteiger partial charge in [0.25, 0.3) is 5.91 Å². The van der Waals surface area contributed by atoms with E-state index in [1.54, 1.807) is 25.1 Å². The quantitative estimate of drug-likeness (QED) is 0.698. The number of Topliss-reactive ketones (excluding diaryl/α,β-unsaturated/α-hetero) is 1. The van der Waals surface area contributed by atoms with Crippen LogP contribution in [0.15, 0.2) is 36.4 Å². The number of amides is 3. The molecule has 1 fully saturated rings. The average molecular weight is 420 g/mol. The summed E-state index contributed by atoms with van der Waals surface area (Å²) in [5.41, 5.74) is 3.91. The van der Waals surface area contributed by atoms with E-state index in [2.05, 4.69) is 5.32 Å².